The maximum Gasteiger partial charge on any atom is 0.411 e. The summed E-state index contributed by atoms with van der Waals surface area (Å²) in [6.45, 7) is 2.66. The Labute approximate surface area is 124 Å². The van der Waals surface area contributed by atoms with Gasteiger partial charge in [-0.1, -0.05) is 42.5 Å². The van der Waals surface area contributed by atoms with Crippen molar-refractivity contribution < 1.29 is 9.53 Å². The smallest absolute Gasteiger partial charge is 0.411 e. The number of carbonyl (C=O) groups is 1. The molecule has 4 nitrogen and oxygen atoms in total. The van der Waals surface area contributed by atoms with Crippen LogP contribution in [0.4, 0.5) is 10.5 Å². The van der Waals surface area contributed by atoms with Crippen LogP contribution < -0.4 is 11.1 Å². The van der Waals surface area contributed by atoms with Gasteiger partial charge >= 0.3 is 6.09 Å². The van der Waals surface area contributed by atoms with E-state index in [2.05, 4.69) is 17.4 Å². The molecular weight excluding hydrogens is 264 g/mol. The van der Waals surface area contributed by atoms with Crippen molar-refractivity contribution in [1.29, 1.82) is 0 Å². The molecule has 0 saturated carbocycles. The Kier molecular flexibility index (Phi) is 5.35. The first-order valence-electron chi connectivity index (χ1n) is 7.03. The van der Waals surface area contributed by atoms with E-state index in [0.29, 0.717) is 18.8 Å². The number of benzene rings is 2. The van der Waals surface area contributed by atoms with Crippen LogP contribution in [0.1, 0.15) is 24.0 Å². The molecule has 0 bridgehead atoms. The van der Waals surface area contributed by atoms with Gasteiger partial charge in [-0.15, -0.1) is 0 Å². The highest BCUT2D eigenvalue weighted by atomic mass is 16.5. The summed E-state index contributed by atoms with van der Waals surface area (Å²) in [4.78, 5) is 11.4. The molecule has 110 valence electrons. The zero-order valence-electron chi connectivity index (χ0n) is 12.1. The topological polar surface area (TPSA) is 64.3 Å². The molecule has 2 aromatic rings. The number of nitrogens with two attached hydrogens (primary N) is 1. The van der Waals surface area contributed by atoms with Crippen LogP contribution in [0.15, 0.2) is 54.6 Å². The molecule has 0 spiro atoms. The maximum absolute atomic E-state index is 11.4. The molecule has 0 aliphatic carbocycles. The summed E-state index contributed by atoms with van der Waals surface area (Å²) in [6, 6.07) is 17.8. The van der Waals surface area contributed by atoms with Crippen LogP contribution in [0.3, 0.4) is 0 Å². The number of hydrogen-bond acceptors (Lipinski definition) is 3. The fraction of sp³-hybridized carbons (Fsp3) is 0.235. The van der Waals surface area contributed by atoms with Crippen molar-refractivity contribution in [2.75, 3.05) is 18.5 Å². The lowest BCUT2D eigenvalue weighted by Crippen LogP contribution is -2.15. The van der Waals surface area contributed by atoms with Crippen LogP contribution in [0.25, 0.3) is 0 Å². The lowest BCUT2D eigenvalue weighted by molar-refractivity contribution is 0.168. The van der Waals surface area contributed by atoms with Gasteiger partial charge in [-0.05, 0) is 30.2 Å². The van der Waals surface area contributed by atoms with E-state index in [0.717, 1.165) is 5.56 Å². The highest BCUT2D eigenvalue weighted by Gasteiger charge is 2.12. The molecule has 0 heterocycles. The van der Waals surface area contributed by atoms with Crippen molar-refractivity contribution in [3.8, 4) is 0 Å². The molecule has 4 heteroatoms. The standard InChI is InChI=1S/C17H20N2O2/c1-2-21-17(20)19-15-10-8-14(9-11-15)16(12-18)13-6-4-3-5-7-13/h3-11,16H,2,12,18H2,1H3,(H,19,20)/t16-/m0/s1. The van der Waals surface area contributed by atoms with E-state index in [1.165, 1.54) is 5.56 Å². The fourth-order valence-corrected chi connectivity index (χ4v) is 2.23. The van der Waals surface area contributed by atoms with Gasteiger partial charge in [-0.2, -0.15) is 0 Å². The van der Waals surface area contributed by atoms with E-state index in [9.17, 15) is 4.79 Å². The molecule has 0 unspecified atom stereocenters. The summed E-state index contributed by atoms with van der Waals surface area (Å²) in [7, 11) is 0. The fourth-order valence-electron chi connectivity index (χ4n) is 2.23. The van der Waals surface area contributed by atoms with E-state index in [-0.39, 0.29) is 5.92 Å². The molecule has 0 saturated heterocycles. The van der Waals surface area contributed by atoms with Crippen molar-refractivity contribution >= 4 is 11.8 Å². The number of anilines is 1. The summed E-state index contributed by atoms with van der Waals surface area (Å²) in [5, 5.41) is 2.67. The monoisotopic (exact) mass is 284 g/mol. The first kappa shape index (κ1) is 15.1. The second-order valence-electron chi connectivity index (χ2n) is 4.67. The molecular formula is C17H20N2O2. The second-order valence-corrected chi connectivity index (χ2v) is 4.67. The number of ether oxygens (including phenoxy) is 1. The Bertz CT molecular complexity index is 567. The predicted octanol–water partition coefficient (Wildman–Crippen LogP) is 3.35. The van der Waals surface area contributed by atoms with Gasteiger partial charge in [0.25, 0.3) is 0 Å². The molecule has 0 aromatic heterocycles. The summed E-state index contributed by atoms with van der Waals surface area (Å²) in [6.07, 6.45) is -0.441. The quantitative estimate of drug-likeness (QED) is 0.885. The Balaban J connectivity index is 2.12. The number of rotatable bonds is 5. The Morgan fingerprint density at radius 2 is 1.71 bits per heavy atom. The minimum Gasteiger partial charge on any atom is -0.450 e. The predicted molar refractivity (Wildman–Crippen MR) is 84.4 cm³/mol. The average Bonchev–Trinajstić information content (AvgIpc) is 2.51. The van der Waals surface area contributed by atoms with Crippen molar-refractivity contribution in [3.63, 3.8) is 0 Å². The second kappa shape index (κ2) is 7.45. The third-order valence-corrected chi connectivity index (χ3v) is 3.27. The highest BCUT2D eigenvalue weighted by molar-refractivity contribution is 5.84. The molecule has 0 radical (unpaired) electrons. The Morgan fingerprint density at radius 1 is 1.10 bits per heavy atom. The molecule has 0 aliphatic heterocycles. The molecule has 2 aromatic carbocycles. The van der Waals surface area contributed by atoms with Crippen molar-refractivity contribution in [2.45, 2.75) is 12.8 Å². The van der Waals surface area contributed by atoms with Crippen LogP contribution in [0.5, 0.6) is 0 Å². The molecule has 0 fully saturated rings. The Hall–Kier alpha value is -2.33. The van der Waals surface area contributed by atoms with Gasteiger partial charge in [0.05, 0.1) is 6.61 Å². The van der Waals surface area contributed by atoms with Crippen LogP contribution >= 0.6 is 0 Å². The van der Waals surface area contributed by atoms with Gasteiger partial charge in [0.15, 0.2) is 0 Å². The van der Waals surface area contributed by atoms with Gasteiger partial charge < -0.3 is 10.5 Å². The average molecular weight is 284 g/mol. The molecule has 1 atom stereocenters. The summed E-state index contributed by atoms with van der Waals surface area (Å²) >= 11 is 0. The third-order valence-electron chi connectivity index (χ3n) is 3.27. The van der Waals surface area contributed by atoms with Crippen LogP contribution in [-0.4, -0.2) is 19.2 Å². The lowest BCUT2D eigenvalue weighted by Gasteiger charge is -2.16. The van der Waals surface area contributed by atoms with Gasteiger partial charge in [-0.25, -0.2) is 4.79 Å². The van der Waals surface area contributed by atoms with Crippen LogP contribution in [0.2, 0.25) is 0 Å². The van der Waals surface area contributed by atoms with Crippen molar-refractivity contribution in [2.24, 2.45) is 5.73 Å². The van der Waals surface area contributed by atoms with E-state index >= 15 is 0 Å². The number of carbonyl (C=O) groups excluding carboxylic acids is 1. The zero-order chi connectivity index (χ0) is 15.1. The van der Waals surface area contributed by atoms with Crippen molar-refractivity contribution in [1.82, 2.24) is 0 Å². The largest absolute Gasteiger partial charge is 0.450 e. The molecule has 3 N–H and O–H groups in total. The molecule has 1 amide bonds. The number of amides is 1. The minimum absolute atomic E-state index is 0.155. The normalized spacial score (nSPS) is 11.7. The molecule has 2 rings (SSSR count). The van der Waals surface area contributed by atoms with Gasteiger partial charge in [0, 0.05) is 18.2 Å². The third kappa shape index (κ3) is 4.07. The SMILES string of the molecule is CCOC(=O)Nc1ccc([C@@H](CN)c2ccccc2)cc1. The maximum atomic E-state index is 11.4. The van der Waals surface area contributed by atoms with E-state index in [1.54, 1.807) is 6.92 Å². The lowest BCUT2D eigenvalue weighted by atomic mass is 9.91. The minimum atomic E-state index is -0.441. The van der Waals surface area contributed by atoms with E-state index in [4.69, 9.17) is 10.5 Å². The number of nitrogens with one attached hydrogen (secondary N) is 1. The highest BCUT2D eigenvalue weighted by Crippen LogP contribution is 2.24. The van der Waals surface area contributed by atoms with Gasteiger partial charge in [-0.3, -0.25) is 5.32 Å². The first-order chi connectivity index (χ1) is 10.2. The summed E-state index contributed by atoms with van der Waals surface area (Å²) in [5.74, 6) is 0.155. The van der Waals surface area contributed by atoms with E-state index in [1.807, 2.05) is 42.5 Å². The van der Waals surface area contributed by atoms with Gasteiger partial charge in [0.1, 0.15) is 0 Å². The van der Waals surface area contributed by atoms with Crippen LogP contribution in [0, 0.1) is 0 Å². The zero-order valence-corrected chi connectivity index (χ0v) is 12.1. The van der Waals surface area contributed by atoms with Gasteiger partial charge in [0.2, 0.25) is 0 Å². The molecule has 21 heavy (non-hydrogen) atoms. The number of hydrogen-bond donors (Lipinski definition) is 2. The van der Waals surface area contributed by atoms with Crippen LogP contribution in [-0.2, 0) is 4.74 Å². The molecule has 0 aliphatic rings. The Morgan fingerprint density at radius 3 is 2.29 bits per heavy atom. The van der Waals surface area contributed by atoms with Crippen molar-refractivity contribution in [3.05, 3.63) is 65.7 Å². The first-order valence-corrected chi connectivity index (χ1v) is 7.03. The summed E-state index contributed by atoms with van der Waals surface area (Å²) in [5.41, 5.74) is 8.92. The summed E-state index contributed by atoms with van der Waals surface area (Å²) < 4.78 is 4.84. The van der Waals surface area contributed by atoms with E-state index < -0.39 is 6.09 Å².